The van der Waals surface area contributed by atoms with Gasteiger partial charge in [0.2, 0.25) is 0 Å². The molecule has 0 bridgehead atoms. The van der Waals surface area contributed by atoms with E-state index < -0.39 is 11.7 Å². The number of halogens is 1. The molecule has 1 aromatic carbocycles. The van der Waals surface area contributed by atoms with Gasteiger partial charge in [0.15, 0.2) is 0 Å². The van der Waals surface area contributed by atoms with E-state index >= 15 is 0 Å². The predicted octanol–water partition coefficient (Wildman–Crippen LogP) is 4.70. The Morgan fingerprint density at radius 1 is 1.31 bits per heavy atom. The Kier molecular flexibility index (Phi) is 9.08. The maximum absolute atomic E-state index is 12.4. The summed E-state index contributed by atoms with van der Waals surface area (Å²) in [5.74, 6) is 0.955. The van der Waals surface area contributed by atoms with Crippen molar-refractivity contribution in [3.8, 4) is 5.75 Å². The van der Waals surface area contributed by atoms with Crippen molar-refractivity contribution < 1.29 is 19.0 Å². The van der Waals surface area contributed by atoms with Crippen molar-refractivity contribution in [3.05, 3.63) is 28.2 Å². The predicted molar refractivity (Wildman–Crippen MR) is 107 cm³/mol. The lowest BCUT2D eigenvalue weighted by Gasteiger charge is -2.25. The first-order valence-corrected chi connectivity index (χ1v) is 9.37. The van der Waals surface area contributed by atoms with Crippen LogP contribution in [0.5, 0.6) is 5.75 Å². The molecule has 0 aromatic heterocycles. The Labute approximate surface area is 164 Å². The highest BCUT2D eigenvalue weighted by atomic mass is 79.9. The van der Waals surface area contributed by atoms with E-state index in [0.717, 1.165) is 10.0 Å². The molecule has 0 radical (unpaired) electrons. The number of hydrogen-bond donors (Lipinski definition) is 0. The van der Waals surface area contributed by atoms with Crippen molar-refractivity contribution in [2.75, 3.05) is 26.9 Å². The highest BCUT2D eigenvalue weighted by Crippen LogP contribution is 2.25. The minimum Gasteiger partial charge on any atom is -0.490 e. The molecule has 0 aliphatic rings. The molecular formula is C19H29BrN2O4. The van der Waals surface area contributed by atoms with E-state index in [1.54, 1.807) is 13.3 Å². The average molecular weight is 429 g/mol. The number of benzene rings is 1. The Balaban J connectivity index is 2.91. The molecule has 0 N–H and O–H groups in total. The van der Waals surface area contributed by atoms with E-state index in [9.17, 15) is 4.79 Å². The molecule has 1 aromatic rings. The van der Waals surface area contributed by atoms with Gasteiger partial charge in [-0.15, -0.1) is 0 Å². The lowest BCUT2D eigenvalue weighted by Crippen LogP contribution is -2.35. The second-order valence-electron chi connectivity index (χ2n) is 7.23. The molecule has 0 saturated heterocycles. The molecule has 0 unspecified atom stereocenters. The molecule has 0 atom stereocenters. The number of nitrogens with zero attached hydrogens (tertiary/aromatic N) is 2. The fourth-order valence-corrected chi connectivity index (χ4v) is 2.27. The zero-order valence-electron chi connectivity index (χ0n) is 16.4. The Hall–Kier alpha value is -1.60. The van der Waals surface area contributed by atoms with Crippen molar-refractivity contribution in [2.24, 2.45) is 11.0 Å². The number of methoxy groups -OCH3 is 1. The zero-order valence-corrected chi connectivity index (χ0v) is 18.0. The second kappa shape index (κ2) is 10.5. The topological polar surface area (TPSA) is 60.4 Å². The maximum atomic E-state index is 12.4. The SMILES string of the molecule is COCCOc1cc(/C=N/N(CC(C)C)C(=O)OC(C)(C)C)ccc1Br. The van der Waals surface area contributed by atoms with Gasteiger partial charge in [0.05, 0.1) is 23.8 Å². The van der Waals surface area contributed by atoms with E-state index in [1.165, 1.54) is 5.01 Å². The third kappa shape index (κ3) is 8.67. The normalized spacial score (nSPS) is 11.8. The summed E-state index contributed by atoms with van der Waals surface area (Å²) in [6.45, 7) is 11.0. The van der Waals surface area contributed by atoms with Crippen LogP contribution in [0.4, 0.5) is 4.79 Å². The molecule has 6 nitrogen and oxygen atoms in total. The number of hydrazone groups is 1. The summed E-state index contributed by atoms with van der Waals surface area (Å²) in [5, 5.41) is 5.67. The summed E-state index contributed by atoms with van der Waals surface area (Å²) < 4.78 is 16.9. The molecule has 0 heterocycles. The van der Waals surface area contributed by atoms with Gasteiger partial charge >= 0.3 is 6.09 Å². The summed E-state index contributed by atoms with van der Waals surface area (Å²) in [4.78, 5) is 12.4. The van der Waals surface area contributed by atoms with Gasteiger partial charge in [-0.25, -0.2) is 4.79 Å². The van der Waals surface area contributed by atoms with Gasteiger partial charge in [0.1, 0.15) is 18.0 Å². The first-order valence-electron chi connectivity index (χ1n) is 8.58. The minimum absolute atomic E-state index is 0.262. The summed E-state index contributed by atoms with van der Waals surface area (Å²) in [6, 6.07) is 5.62. The second-order valence-corrected chi connectivity index (χ2v) is 8.09. The molecule has 0 saturated carbocycles. The van der Waals surface area contributed by atoms with Gasteiger partial charge < -0.3 is 14.2 Å². The fraction of sp³-hybridized carbons (Fsp3) is 0.579. The van der Waals surface area contributed by atoms with Crippen LogP contribution in [0.25, 0.3) is 0 Å². The highest BCUT2D eigenvalue weighted by Gasteiger charge is 2.22. The maximum Gasteiger partial charge on any atom is 0.430 e. The quantitative estimate of drug-likeness (QED) is 0.342. The Morgan fingerprint density at radius 3 is 2.58 bits per heavy atom. The molecule has 0 fully saturated rings. The molecule has 0 spiro atoms. The number of rotatable bonds is 8. The van der Waals surface area contributed by atoms with Crippen molar-refractivity contribution in [1.29, 1.82) is 0 Å². The lowest BCUT2D eigenvalue weighted by atomic mass is 10.2. The number of carbonyl (C=O) groups is 1. The monoisotopic (exact) mass is 428 g/mol. The van der Waals surface area contributed by atoms with E-state index in [-0.39, 0.29) is 5.92 Å². The fourth-order valence-electron chi connectivity index (χ4n) is 1.91. The van der Waals surface area contributed by atoms with Gasteiger partial charge in [-0.3, -0.25) is 0 Å². The standard InChI is InChI=1S/C19H29BrN2O4/c1-14(2)13-22(18(23)26-19(3,4)5)21-12-15-7-8-16(20)17(11-15)25-10-9-24-6/h7-8,11-12,14H,9-10,13H2,1-6H3/b21-12+. The largest absolute Gasteiger partial charge is 0.490 e. The molecule has 1 rings (SSSR count). The minimum atomic E-state index is -0.568. The van der Waals surface area contributed by atoms with E-state index in [4.69, 9.17) is 14.2 Å². The number of hydrogen-bond acceptors (Lipinski definition) is 5. The van der Waals surface area contributed by atoms with Crippen LogP contribution >= 0.6 is 15.9 Å². The van der Waals surface area contributed by atoms with Crippen molar-refractivity contribution in [1.82, 2.24) is 5.01 Å². The van der Waals surface area contributed by atoms with Gasteiger partial charge in [-0.05, 0) is 60.3 Å². The highest BCUT2D eigenvalue weighted by molar-refractivity contribution is 9.10. The van der Waals surface area contributed by atoms with E-state index in [1.807, 2.05) is 52.8 Å². The van der Waals surface area contributed by atoms with E-state index in [0.29, 0.717) is 25.5 Å². The zero-order chi connectivity index (χ0) is 19.7. The molecule has 0 aliphatic heterocycles. The Morgan fingerprint density at radius 2 is 2.00 bits per heavy atom. The van der Waals surface area contributed by atoms with Crippen LogP contribution < -0.4 is 4.74 Å². The molecule has 0 aliphatic carbocycles. The van der Waals surface area contributed by atoms with Crippen LogP contribution in [-0.2, 0) is 9.47 Å². The average Bonchev–Trinajstić information content (AvgIpc) is 2.52. The van der Waals surface area contributed by atoms with E-state index in [2.05, 4.69) is 21.0 Å². The van der Waals surface area contributed by atoms with Crippen LogP contribution in [0.3, 0.4) is 0 Å². The first kappa shape index (κ1) is 22.4. The van der Waals surface area contributed by atoms with Gasteiger partial charge in [0.25, 0.3) is 0 Å². The third-order valence-corrected chi connectivity index (χ3v) is 3.64. The molecule has 26 heavy (non-hydrogen) atoms. The summed E-state index contributed by atoms with van der Waals surface area (Å²) >= 11 is 3.46. The van der Waals surface area contributed by atoms with Gasteiger partial charge in [-0.1, -0.05) is 19.9 Å². The summed E-state index contributed by atoms with van der Waals surface area (Å²) in [7, 11) is 1.63. The van der Waals surface area contributed by atoms with Crippen LogP contribution in [0.1, 0.15) is 40.2 Å². The van der Waals surface area contributed by atoms with Crippen molar-refractivity contribution in [3.63, 3.8) is 0 Å². The van der Waals surface area contributed by atoms with Gasteiger partial charge in [0, 0.05) is 7.11 Å². The smallest absolute Gasteiger partial charge is 0.430 e. The number of carbonyl (C=O) groups excluding carboxylic acids is 1. The van der Waals surface area contributed by atoms with Crippen molar-refractivity contribution in [2.45, 2.75) is 40.2 Å². The number of ether oxygens (including phenoxy) is 3. The third-order valence-electron chi connectivity index (χ3n) is 2.99. The molecular weight excluding hydrogens is 400 g/mol. The Bertz CT molecular complexity index is 612. The van der Waals surface area contributed by atoms with Crippen LogP contribution in [0.15, 0.2) is 27.8 Å². The lowest BCUT2D eigenvalue weighted by molar-refractivity contribution is 0.0235. The summed E-state index contributed by atoms with van der Waals surface area (Å²) in [5.41, 5.74) is 0.250. The molecule has 7 heteroatoms. The van der Waals surface area contributed by atoms with Crippen LogP contribution in [-0.4, -0.2) is 49.8 Å². The van der Waals surface area contributed by atoms with Gasteiger partial charge in [-0.2, -0.15) is 10.1 Å². The molecule has 1 amide bonds. The number of amides is 1. The first-order chi connectivity index (χ1) is 12.1. The van der Waals surface area contributed by atoms with Crippen LogP contribution in [0.2, 0.25) is 0 Å². The molecule has 146 valence electrons. The summed E-state index contributed by atoms with van der Waals surface area (Å²) in [6.07, 6.45) is 1.16. The van der Waals surface area contributed by atoms with Crippen LogP contribution in [0, 0.1) is 5.92 Å². The van der Waals surface area contributed by atoms with Crippen molar-refractivity contribution >= 4 is 28.2 Å².